The zero-order chi connectivity index (χ0) is 19.4. The SMILES string of the molecule is COc1ccc(CO)cc1-c1cc(F)cc(C(CC(=O)O)c2ncco2)c1. The monoisotopic (exact) mass is 371 g/mol. The van der Waals surface area contributed by atoms with Crippen molar-refractivity contribution in [1.82, 2.24) is 4.98 Å². The number of carboxylic acid groups (broad SMARTS) is 1. The largest absolute Gasteiger partial charge is 0.496 e. The molecule has 0 amide bonds. The van der Waals surface area contributed by atoms with Crippen LogP contribution in [-0.4, -0.2) is 28.3 Å². The number of hydrogen-bond donors (Lipinski definition) is 2. The Labute approximate surface area is 154 Å². The maximum Gasteiger partial charge on any atom is 0.304 e. The minimum Gasteiger partial charge on any atom is -0.496 e. The third-order valence-electron chi connectivity index (χ3n) is 4.21. The molecule has 1 heterocycles. The van der Waals surface area contributed by atoms with Gasteiger partial charge in [-0.25, -0.2) is 9.37 Å². The normalized spacial score (nSPS) is 12.0. The molecule has 0 aliphatic rings. The topological polar surface area (TPSA) is 92.8 Å². The Bertz CT molecular complexity index is 940. The van der Waals surface area contributed by atoms with Gasteiger partial charge in [0.15, 0.2) is 0 Å². The number of aromatic nitrogens is 1. The number of aliphatic hydroxyl groups is 1. The quantitative estimate of drug-likeness (QED) is 0.659. The minimum absolute atomic E-state index is 0.170. The van der Waals surface area contributed by atoms with Crippen LogP contribution >= 0.6 is 0 Å². The van der Waals surface area contributed by atoms with Crippen LogP contribution in [0.25, 0.3) is 11.1 Å². The van der Waals surface area contributed by atoms with E-state index in [1.54, 1.807) is 24.3 Å². The van der Waals surface area contributed by atoms with Crippen molar-refractivity contribution in [3.63, 3.8) is 0 Å². The van der Waals surface area contributed by atoms with Gasteiger partial charge in [0.05, 0.1) is 32.3 Å². The number of aliphatic carboxylic acids is 1. The number of carboxylic acids is 1. The zero-order valence-corrected chi connectivity index (χ0v) is 14.6. The molecule has 0 fully saturated rings. The van der Waals surface area contributed by atoms with Crippen molar-refractivity contribution >= 4 is 5.97 Å². The van der Waals surface area contributed by atoms with Crippen molar-refractivity contribution in [2.45, 2.75) is 18.9 Å². The van der Waals surface area contributed by atoms with Gasteiger partial charge in [-0.1, -0.05) is 6.07 Å². The van der Waals surface area contributed by atoms with E-state index in [2.05, 4.69) is 4.98 Å². The van der Waals surface area contributed by atoms with Crippen molar-refractivity contribution in [2.24, 2.45) is 0 Å². The number of halogens is 1. The Morgan fingerprint density at radius 1 is 1.30 bits per heavy atom. The lowest BCUT2D eigenvalue weighted by Gasteiger charge is -2.15. The molecule has 0 saturated carbocycles. The van der Waals surface area contributed by atoms with Crippen LogP contribution in [0.5, 0.6) is 5.75 Å². The highest BCUT2D eigenvalue weighted by Gasteiger charge is 2.23. The average molecular weight is 371 g/mol. The van der Waals surface area contributed by atoms with Crippen LogP contribution in [0.4, 0.5) is 4.39 Å². The van der Waals surface area contributed by atoms with Crippen molar-refractivity contribution in [3.8, 4) is 16.9 Å². The standard InChI is InChI=1S/C20H18FNO5/c1-26-18-3-2-12(11-23)6-16(18)13-7-14(9-15(21)8-13)17(10-19(24)25)20-22-4-5-27-20/h2-9,17,23H,10-11H2,1H3,(H,24,25). The molecule has 6 nitrogen and oxygen atoms in total. The van der Waals surface area contributed by atoms with Crippen LogP contribution in [0.1, 0.15) is 29.4 Å². The summed E-state index contributed by atoms with van der Waals surface area (Å²) in [7, 11) is 1.50. The Balaban J connectivity index is 2.13. The fourth-order valence-corrected chi connectivity index (χ4v) is 2.98. The molecule has 140 valence electrons. The summed E-state index contributed by atoms with van der Waals surface area (Å²) in [4.78, 5) is 15.3. The van der Waals surface area contributed by atoms with E-state index in [0.717, 1.165) is 0 Å². The fraction of sp³-hybridized carbons (Fsp3) is 0.200. The molecule has 0 aliphatic heterocycles. The zero-order valence-electron chi connectivity index (χ0n) is 14.6. The molecule has 1 unspecified atom stereocenters. The average Bonchev–Trinajstić information content (AvgIpc) is 3.19. The Morgan fingerprint density at radius 3 is 2.74 bits per heavy atom. The third kappa shape index (κ3) is 4.15. The molecule has 2 aromatic carbocycles. The van der Waals surface area contributed by atoms with Gasteiger partial charge in [-0.15, -0.1) is 0 Å². The van der Waals surface area contributed by atoms with Crippen molar-refractivity contribution < 1.29 is 28.6 Å². The lowest BCUT2D eigenvalue weighted by atomic mass is 9.91. The molecule has 3 rings (SSSR count). The number of oxazole rings is 1. The molecule has 1 atom stereocenters. The number of aliphatic hydroxyl groups excluding tert-OH is 1. The summed E-state index contributed by atoms with van der Waals surface area (Å²) in [5.74, 6) is -1.61. The molecule has 0 aliphatic carbocycles. The van der Waals surface area contributed by atoms with Crippen LogP contribution in [0.2, 0.25) is 0 Å². The molecule has 3 aromatic rings. The van der Waals surface area contributed by atoms with E-state index >= 15 is 0 Å². The van der Waals surface area contributed by atoms with Crippen LogP contribution in [0, 0.1) is 5.82 Å². The van der Waals surface area contributed by atoms with E-state index in [1.165, 1.54) is 31.7 Å². The summed E-state index contributed by atoms with van der Waals surface area (Å²) < 4.78 is 25.0. The maximum absolute atomic E-state index is 14.4. The van der Waals surface area contributed by atoms with Gasteiger partial charge in [0.2, 0.25) is 5.89 Å². The van der Waals surface area contributed by atoms with E-state index in [9.17, 15) is 19.4 Å². The van der Waals surface area contributed by atoms with Crippen molar-refractivity contribution in [1.29, 1.82) is 0 Å². The Hall–Kier alpha value is -3.19. The van der Waals surface area contributed by atoms with E-state index in [4.69, 9.17) is 9.15 Å². The number of benzene rings is 2. The number of rotatable bonds is 7. The van der Waals surface area contributed by atoms with E-state index in [-0.39, 0.29) is 18.9 Å². The predicted octanol–water partition coefficient (Wildman–Crippen LogP) is 3.59. The van der Waals surface area contributed by atoms with Gasteiger partial charge in [0, 0.05) is 5.56 Å². The highest BCUT2D eigenvalue weighted by molar-refractivity contribution is 5.73. The second kappa shape index (κ2) is 8.01. The Kier molecular flexibility index (Phi) is 5.52. The van der Waals surface area contributed by atoms with Crippen LogP contribution in [0.3, 0.4) is 0 Å². The number of nitrogens with zero attached hydrogens (tertiary/aromatic N) is 1. The smallest absolute Gasteiger partial charge is 0.304 e. The number of methoxy groups -OCH3 is 1. The predicted molar refractivity (Wildman–Crippen MR) is 94.9 cm³/mol. The molecule has 1 aromatic heterocycles. The summed E-state index contributed by atoms with van der Waals surface area (Å²) in [6.07, 6.45) is 2.47. The first kappa shape index (κ1) is 18.6. The highest BCUT2D eigenvalue weighted by Crippen LogP contribution is 2.35. The molecule has 0 bridgehead atoms. The number of ether oxygens (including phenoxy) is 1. The molecule has 27 heavy (non-hydrogen) atoms. The van der Waals surface area contributed by atoms with Gasteiger partial charge >= 0.3 is 5.97 Å². The lowest BCUT2D eigenvalue weighted by molar-refractivity contribution is -0.137. The van der Waals surface area contributed by atoms with E-state index in [0.29, 0.717) is 28.0 Å². The maximum atomic E-state index is 14.4. The molecule has 7 heteroatoms. The summed E-state index contributed by atoms with van der Waals surface area (Å²) in [5, 5.41) is 18.6. The minimum atomic E-state index is -1.05. The van der Waals surface area contributed by atoms with Gasteiger partial charge in [0.25, 0.3) is 0 Å². The van der Waals surface area contributed by atoms with Crippen molar-refractivity contribution in [2.75, 3.05) is 7.11 Å². The Morgan fingerprint density at radius 2 is 2.11 bits per heavy atom. The highest BCUT2D eigenvalue weighted by atomic mass is 19.1. The van der Waals surface area contributed by atoms with Crippen LogP contribution in [-0.2, 0) is 11.4 Å². The first-order chi connectivity index (χ1) is 13.0. The number of carbonyl (C=O) groups is 1. The molecular weight excluding hydrogens is 353 g/mol. The summed E-state index contributed by atoms with van der Waals surface area (Å²) in [5.41, 5.74) is 2.16. The van der Waals surface area contributed by atoms with Gasteiger partial charge in [-0.3, -0.25) is 4.79 Å². The first-order valence-electron chi connectivity index (χ1n) is 8.21. The second-order valence-electron chi connectivity index (χ2n) is 5.99. The first-order valence-corrected chi connectivity index (χ1v) is 8.21. The van der Waals surface area contributed by atoms with Gasteiger partial charge in [-0.2, -0.15) is 0 Å². The summed E-state index contributed by atoms with van der Waals surface area (Å²) >= 11 is 0. The van der Waals surface area contributed by atoms with Crippen LogP contribution in [0.15, 0.2) is 53.3 Å². The summed E-state index contributed by atoms with van der Waals surface area (Å²) in [6.45, 7) is -0.170. The molecule has 0 saturated heterocycles. The molecular formula is C20H18FNO5. The number of hydrogen-bond acceptors (Lipinski definition) is 5. The van der Waals surface area contributed by atoms with E-state index in [1.807, 2.05) is 0 Å². The van der Waals surface area contributed by atoms with Gasteiger partial charge in [-0.05, 0) is 47.0 Å². The fourth-order valence-electron chi connectivity index (χ4n) is 2.98. The molecule has 0 radical (unpaired) electrons. The van der Waals surface area contributed by atoms with E-state index < -0.39 is 17.7 Å². The second-order valence-corrected chi connectivity index (χ2v) is 5.99. The third-order valence-corrected chi connectivity index (χ3v) is 4.21. The van der Waals surface area contributed by atoms with Crippen LogP contribution < -0.4 is 4.74 Å². The lowest BCUT2D eigenvalue weighted by Crippen LogP contribution is -2.09. The van der Waals surface area contributed by atoms with Gasteiger partial charge < -0.3 is 19.4 Å². The van der Waals surface area contributed by atoms with Crippen molar-refractivity contribution in [3.05, 3.63) is 71.7 Å². The van der Waals surface area contributed by atoms with Gasteiger partial charge in [0.1, 0.15) is 17.8 Å². The molecule has 2 N–H and O–H groups in total. The summed E-state index contributed by atoms with van der Waals surface area (Å²) in [6, 6.07) is 9.38. The molecule has 0 spiro atoms.